The van der Waals surface area contributed by atoms with Crippen molar-refractivity contribution in [2.75, 3.05) is 10.6 Å². The lowest BCUT2D eigenvalue weighted by atomic mass is 9.80. The van der Waals surface area contributed by atoms with Gasteiger partial charge in [0, 0.05) is 16.8 Å². The van der Waals surface area contributed by atoms with Crippen molar-refractivity contribution >= 4 is 17.4 Å². The Morgan fingerprint density at radius 2 is 1.62 bits per heavy atom. The molecule has 0 saturated carbocycles. The van der Waals surface area contributed by atoms with Gasteiger partial charge in [-0.2, -0.15) is 5.21 Å². The molecule has 2 heterocycles. The van der Waals surface area contributed by atoms with E-state index in [-0.39, 0.29) is 11.9 Å². The number of aryl methyl sites for hydroxylation is 1. The van der Waals surface area contributed by atoms with Crippen molar-refractivity contribution < 1.29 is 9.53 Å². The highest BCUT2D eigenvalue weighted by Gasteiger charge is 2.43. The molecule has 4 aromatic carbocycles. The molecular weight excluding hydrogens is 488 g/mol. The monoisotopic (exact) mass is 516 g/mol. The van der Waals surface area contributed by atoms with Gasteiger partial charge in [0.15, 0.2) is 0 Å². The fourth-order valence-electron chi connectivity index (χ4n) is 5.28. The lowest BCUT2D eigenvalue weighted by Crippen LogP contribution is -2.31. The number of benzene rings is 4. The molecule has 2 amide bonds. The molecule has 0 aliphatic carbocycles. The van der Waals surface area contributed by atoms with E-state index in [1.165, 1.54) is 0 Å². The maximum atomic E-state index is 13.2. The SMILES string of the molecule is Cc1ccc(NC(=O)Nc2cc(-c3ccccc3-c3nn[nH]n3)cc3c2OC(C)(C)[C@H]3c2ccccc2)cc1. The summed E-state index contributed by atoms with van der Waals surface area (Å²) in [6, 6.07) is 29.6. The fourth-order valence-corrected chi connectivity index (χ4v) is 5.28. The van der Waals surface area contributed by atoms with Crippen LogP contribution in [0.2, 0.25) is 0 Å². The first-order chi connectivity index (χ1) is 18.9. The molecule has 1 aliphatic heterocycles. The molecular formula is C31H28N6O2. The third-order valence-electron chi connectivity index (χ3n) is 7.00. The first kappa shape index (κ1) is 24.4. The van der Waals surface area contributed by atoms with Crippen LogP contribution < -0.4 is 15.4 Å². The number of rotatable bonds is 5. The Morgan fingerprint density at radius 3 is 2.33 bits per heavy atom. The van der Waals surface area contributed by atoms with Crippen LogP contribution in [-0.2, 0) is 0 Å². The number of hydrogen-bond acceptors (Lipinski definition) is 5. The number of urea groups is 1. The van der Waals surface area contributed by atoms with E-state index in [0.717, 1.165) is 33.4 Å². The van der Waals surface area contributed by atoms with E-state index < -0.39 is 5.60 Å². The Bertz CT molecular complexity index is 1630. The summed E-state index contributed by atoms with van der Waals surface area (Å²) in [5, 5.41) is 20.7. The van der Waals surface area contributed by atoms with E-state index in [2.05, 4.69) is 63.3 Å². The normalized spacial score (nSPS) is 15.3. The Balaban J connectivity index is 1.48. The highest BCUT2D eigenvalue weighted by molar-refractivity contribution is 6.02. The van der Waals surface area contributed by atoms with Crippen molar-refractivity contribution in [2.24, 2.45) is 0 Å². The fraction of sp³-hybridized carbons (Fsp3) is 0.161. The quantitative estimate of drug-likeness (QED) is 0.239. The number of fused-ring (bicyclic) bond motifs is 1. The number of ether oxygens (including phenoxy) is 1. The van der Waals surface area contributed by atoms with Gasteiger partial charge in [-0.25, -0.2) is 4.79 Å². The summed E-state index contributed by atoms with van der Waals surface area (Å²) >= 11 is 0. The van der Waals surface area contributed by atoms with Crippen LogP contribution >= 0.6 is 0 Å². The molecule has 1 aromatic heterocycles. The van der Waals surface area contributed by atoms with Crippen molar-refractivity contribution in [2.45, 2.75) is 32.3 Å². The number of hydrogen-bond donors (Lipinski definition) is 3. The first-order valence-corrected chi connectivity index (χ1v) is 12.8. The standard InChI is InChI=1S/C31H28N6O2/c1-19-13-15-22(16-14-19)32-30(38)33-26-18-21(23-11-7-8-12-24(23)29-34-36-37-35-29)17-25-27(20-9-5-4-6-10-20)31(2,3)39-28(25)26/h4-18,27H,1-3H3,(H2,32,33,38)(H,34,35,36,37)/t27-/m0/s1. The number of aromatic nitrogens is 4. The summed E-state index contributed by atoms with van der Waals surface area (Å²) in [7, 11) is 0. The van der Waals surface area contributed by atoms with Gasteiger partial charge in [0.05, 0.1) is 11.6 Å². The Hall–Kier alpha value is -4.98. The molecule has 194 valence electrons. The molecule has 0 spiro atoms. The molecule has 0 fully saturated rings. The summed E-state index contributed by atoms with van der Waals surface area (Å²) in [4.78, 5) is 13.2. The third-order valence-corrected chi connectivity index (χ3v) is 7.00. The maximum absolute atomic E-state index is 13.2. The van der Waals surface area contributed by atoms with Gasteiger partial charge in [0.1, 0.15) is 11.4 Å². The van der Waals surface area contributed by atoms with Crippen LogP contribution in [0.5, 0.6) is 5.75 Å². The lowest BCUT2D eigenvalue weighted by Gasteiger charge is -2.26. The summed E-state index contributed by atoms with van der Waals surface area (Å²) in [6.45, 7) is 6.16. The summed E-state index contributed by atoms with van der Waals surface area (Å²) in [6.07, 6.45) is 0. The second-order valence-corrected chi connectivity index (χ2v) is 10.2. The zero-order valence-corrected chi connectivity index (χ0v) is 21.9. The molecule has 8 nitrogen and oxygen atoms in total. The predicted octanol–water partition coefficient (Wildman–Crippen LogP) is 6.79. The molecule has 1 aliphatic rings. The van der Waals surface area contributed by atoms with Gasteiger partial charge >= 0.3 is 6.03 Å². The summed E-state index contributed by atoms with van der Waals surface area (Å²) in [5.41, 5.74) is 6.65. The minimum Gasteiger partial charge on any atom is -0.484 e. The van der Waals surface area contributed by atoms with Crippen LogP contribution in [0.3, 0.4) is 0 Å². The zero-order chi connectivity index (χ0) is 27.0. The number of aromatic amines is 1. The predicted molar refractivity (Wildman–Crippen MR) is 152 cm³/mol. The van der Waals surface area contributed by atoms with E-state index in [1.54, 1.807) is 0 Å². The number of tetrazole rings is 1. The third kappa shape index (κ3) is 4.72. The van der Waals surface area contributed by atoms with Crippen molar-refractivity contribution in [1.29, 1.82) is 0 Å². The molecule has 39 heavy (non-hydrogen) atoms. The zero-order valence-electron chi connectivity index (χ0n) is 21.9. The van der Waals surface area contributed by atoms with E-state index >= 15 is 0 Å². The number of carbonyl (C=O) groups excluding carboxylic acids is 1. The largest absolute Gasteiger partial charge is 0.484 e. The Labute approximate surface area is 226 Å². The Morgan fingerprint density at radius 1 is 0.897 bits per heavy atom. The molecule has 0 radical (unpaired) electrons. The van der Waals surface area contributed by atoms with Crippen molar-refractivity contribution in [3.05, 3.63) is 108 Å². The molecule has 1 atom stereocenters. The molecule has 3 N–H and O–H groups in total. The van der Waals surface area contributed by atoms with E-state index in [1.807, 2.05) is 79.7 Å². The minimum absolute atomic E-state index is 0.0494. The second-order valence-electron chi connectivity index (χ2n) is 10.2. The first-order valence-electron chi connectivity index (χ1n) is 12.8. The highest BCUT2D eigenvalue weighted by Crippen LogP contribution is 2.53. The number of H-pyrrole nitrogens is 1. The van der Waals surface area contributed by atoms with Gasteiger partial charge in [0.2, 0.25) is 5.82 Å². The summed E-state index contributed by atoms with van der Waals surface area (Å²) in [5.74, 6) is 1.11. The van der Waals surface area contributed by atoms with Crippen LogP contribution in [-0.4, -0.2) is 32.3 Å². The molecule has 5 aromatic rings. The van der Waals surface area contributed by atoms with Crippen LogP contribution in [0.15, 0.2) is 91.0 Å². The van der Waals surface area contributed by atoms with Crippen molar-refractivity contribution in [1.82, 2.24) is 20.6 Å². The number of amides is 2. The van der Waals surface area contributed by atoms with Crippen LogP contribution in [0.1, 0.15) is 36.5 Å². The van der Waals surface area contributed by atoms with Crippen molar-refractivity contribution in [3.8, 4) is 28.3 Å². The van der Waals surface area contributed by atoms with Crippen LogP contribution in [0.4, 0.5) is 16.2 Å². The van der Waals surface area contributed by atoms with Crippen molar-refractivity contribution in [3.63, 3.8) is 0 Å². The van der Waals surface area contributed by atoms with Gasteiger partial charge in [0.25, 0.3) is 0 Å². The second kappa shape index (κ2) is 9.72. The van der Waals surface area contributed by atoms with Crippen LogP contribution in [0.25, 0.3) is 22.5 Å². The number of nitrogens with one attached hydrogen (secondary N) is 3. The van der Waals surface area contributed by atoms with Gasteiger partial charge in [-0.1, -0.05) is 72.3 Å². The van der Waals surface area contributed by atoms with E-state index in [4.69, 9.17) is 4.74 Å². The molecule has 0 bridgehead atoms. The van der Waals surface area contributed by atoms with Gasteiger partial charge in [-0.15, -0.1) is 10.2 Å². The Kier molecular flexibility index (Phi) is 6.07. The average Bonchev–Trinajstić information content (AvgIpc) is 3.56. The van der Waals surface area contributed by atoms with E-state index in [0.29, 0.717) is 22.9 Å². The maximum Gasteiger partial charge on any atom is 0.323 e. The topological polar surface area (TPSA) is 105 Å². The van der Waals surface area contributed by atoms with Gasteiger partial charge < -0.3 is 15.4 Å². The smallest absolute Gasteiger partial charge is 0.323 e. The highest BCUT2D eigenvalue weighted by atomic mass is 16.5. The molecule has 0 saturated heterocycles. The molecule has 8 heteroatoms. The number of nitrogens with zero attached hydrogens (tertiary/aromatic N) is 3. The summed E-state index contributed by atoms with van der Waals surface area (Å²) < 4.78 is 6.57. The molecule has 0 unspecified atom stereocenters. The minimum atomic E-state index is -0.542. The van der Waals surface area contributed by atoms with Gasteiger partial charge in [-0.05, 0) is 66.9 Å². The number of anilines is 2. The van der Waals surface area contributed by atoms with E-state index in [9.17, 15) is 4.79 Å². The average molecular weight is 517 g/mol. The molecule has 6 rings (SSSR count). The van der Waals surface area contributed by atoms with Crippen LogP contribution in [0, 0.1) is 6.92 Å². The number of carbonyl (C=O) groups is 1. The lowest BCUT2D eigenvalue weighted by molar-refractivity contribution is 0.123. The van der Waals surface area contributed by atoms with Gasteiger partial charge in [-0.3, -0.25) is 0 Å².